The zero-order chi connectivity index (χ0) is 25.1. The third-order valence-corrected chi connectivity index (χ3v) is 6.40. The Balaban J connectivity index is 1.45. The number of ether oxygens (including phenoxy) is 1. The number of tetrazole rings is 1. The number of aromatic nitrogens is 6. The van der Waals surface area contributed by atoms with Gasteiger partial charge in [-0.25, -0.2) is 4.98 Å². The van der Waals surface area contributed by atoms with Gasteiger partial charge in [-0.05, 0) is 35.4 Å². The van der Waals surface area contributed by atoms with Gasteiger partial charge >= 0.3 is 5.97 Å². The van der Waals surface area contributed by atoms with Crippen LogP contribution in [0, 0.1) is 0 Å². The van der Waals surface area contributed by atoms with E-state index in [1.807, 2.05) is 23.1 Å². The summed E-state index contributed by atoms with van der Waals surface area (Å²) in [4.78, 5) is 21.2. The van der Waals surface area contributed by atoms with Crippen LogP contribution in [0.5, 0.6) is 0 Å². The Bertz CT molecular complexity index is 1330. The van der Waals surface area contributed by atoms with Crippen molar-refractivity contribution in [2.45, 2.75) is 32.9 Å². The topological polar surface area (TPSA) is 105 Å². The molecule has 2 aromatic carbocycles. The van der Waals surface area contributed by atoms with Crippen molar-refractivity contribution in [1.82, 2.24) is 35.1 Å². The lowest BCUT2D eigenvalue weighted by atomic mass is 9.98. The number of benzene rings is 2. The molecule has 0 aliphatic carbocycles. The van der Waals surface area contributed by atoms with E-state index < -0.39 is 0 Å². The quantitative estimate of drug-likeness (QED) is 0.379. The fourth-order valence-corrected chi connectivity index (χ4v) is 4.72. The average Bonchev–Trinajstić information content (AvgIpc) is 3.54. The minimum atomic E-state index is -0.264. The standard InChI is InChI=1S/C26H30N8O2/c1-4-7-23-27-26-22(15-32(2)17-33(26)16-24(35)36-3)34(23)14-18-10-12-19(13-11-18)20-8-5-6-9-21(20)25-28-30-31-29-25/h5-6,8-13H,4,7,14-17H2,1-3H3,(H,28,29,30,31). The number of anilines is 1. The van der Waals surface area contributed by atoms with Gasteiger partial charge in [-0.1, -0.05) is 55.5 Å². The van der Waals surface area contributed by atoms with Crippen molar-refractivity contribution in [3.05, 3.63) is 65.6 Å². The monoisotopic (exact) mass is 486 g/mol. The SMILES string of the molecule is CCCc1nc2c(n1Cc1ccc(-c3ccccc3-c3nn[nH]n3)cc1)CN(C)CN2CC(=O)OC. The highest BCUT2D eigenvalue weighted by Crippen LogP contribution is 2.31. The number of H-pyrrole nitrogens is 1. The number of imidazole rings is 1. The van der Waals surface area contributed by atoms with Gasteiger partial charge in [0, 0.05) is 25.1 Å². The van der Waals surface area contributed by atoms with Crippen LogP contribution in [-0.4, -0.2) is 68.4 Å². The predicted octanol–water partition coefficient (Wildman–Crippen LogP) is 3.11. The second kappa shape index (κ2) is 10.3. The number of rotatable bonds is 8. The van der Waals surface area contributed by atoms with Crippen LogP contribution in [0.25, 0.3) is 22.5 Å². The van der Waals surface area contributed by atoms with Crippen molar-refractivity contribution in [2.24, 2.45) is 0 Å². The van der Waals surface area contributed by atoms with Crippen molar-refractivity contribution in [1.29, 1.82) is 0 Å². The Kier molecular flexibility index (Phi) is 6.77. The molecule has 10 nitrogen and oxygen atoms in total. The van der Waals surface area contributed by atoms with Gasteiger partial charge in [0.1, 0.15) is 12.4 Å². The molecule has 0 saturated carbocycles. The summed E-state index contributed by atoms with van der Waals surface area (Å²) in [5.74, 6) is 2.23. The molecule has 0 fully saturated rings. The number of aromatic amines is 1. The van der Waals surface area contributed by atoms with Gasteiger partial charge in [0.15, 0.2) is 5.82 Å². The van der Waals surface area contributed by atoms with Gasteiger partial charge in [0.05, 0.1) is 19.5 Å². The highest BCUT2D eigenvalue weighted by molar-refractivity contribution is 5.80. The molecule has 0 unspecified atom stereocenters. The van der Waals surface area contributed by atoms with Crippen molar-refractivity contribution >= 4 is 11.8 Å². The van der Waals surface area contributed by atoms with Gasteiger partial charge in [-0.3, -0.25) is 9.69 Å². The summed E-state index contributed by atoms with van der Waals surface area (Å²) in [5.41, 5.74) is 5.38. The fourth-order valence-electron chi connectivity index (χ4n) is 4.72. The van der Waals surface area contributed by atoms with Crippen molar-refractivity contribution < 1.29 is 9.53 Å². The molecule has 4 aromatic rings. The van der Waals surface area contributed by atoms with Gasteiger partial charge in [-0.15, -0.1) is 10.2 Å². The van der Waals surface area contributed by atoms with Gasteiger partial charge < -0.3 is 14.2 Å². The molecule has 1 N–H and O–H groups in total. The number of methoxy groups -OCH3 is 1. The van der Waals surface area contributed by atoms with E-state index in [2.05, 4.69) is 74.4 Å². The van der Waals surface area contributed by atoms with Crippen LogP contribution < -0.4 is 4.90 Å². The molecule has 0 saturated heterocycles. The zero-order valence-electron chi connectivity index (χ0n) is 20.8. The van der Waals surface area contributed by atoms with Gasteiger partial charge in [0.25, 0.3) is 0 Å². The maximum Gasteiger partial charge on any atom is 0.325 e. The third-order valence-electron chi connectivity index (χ3n) is 6.40. The van der Waals surface area contributed by atoms with Crippen LogP contribution in [0.15, 0.2) is 48.5 Å². The number of aryl methyl sites for hydroxylation is 1. The summed E-state index contributed by atoms with van der Waals surface area (Å²) >= 11 is 0. The van der Waals surface area contributed by atoms with Crippen LogP contribution in [0.4, 0.5) is 5.82 Å². The molecule has 0 spiro atoms. The first-order valence-corrected chi connectivity index (χ1v) is 12.1. The summed E-state index contributed by atoms with van der Waals surface area (Å²) in [7, 11) is 3.47. The predicted molar refractivity (Wildman–Crippen MR) is 136 cm³/mol. The van der Waals surface area contributed by atoms with Gasteiger partial charge in [0.2, 0.25) is 5.82 Å². The molecule has 10 heteroatoms. The smallest absolute Gasteiger partial charge is 0.325 e. The van der Waals surface area contributed by atoms with Crippen molar-refractivity contribution in [2.75, 3.05) is 32.3 Å². The molecule has 0 atom stereocenters. The number of hydrogen-bond donors (Lipinski definition) is 1. The second-order valence-electron chi connectivity index (χ2n) is 9.04. The number of nitrogens with one attached hydrogen (secondary N) is 1. The van der Waals surface area contributed by atoms with E-state index in [-0.39, 0.29) is 12.5 Å². The summed E-state index contributed by atoms with van der Waals surface area (Å²) < 4.78 is 7.22. The van der Waals surface area contributed by atoms with Crippen LogP contribution in [0.3, 0.4) is 0 Å². The lowest BCUT2D eigenvalue weighted by molar-refractivity contribution is -0.139. The van der Waals surface area contributed by atoms with Gasteiger partial charge in [-0.2, -0.15) is 5.21 Å². The van der Waals surface area contributed by atoms with E-state index in [4.69, 9.17) is 9.72 Å². The molecule has 0 radical (unpaired) electrons. The lowest BCUT2D eigenvalue weighted by Gasteiger charge is -2.33. The molecule has 2 aromatic heterocycles. The zero-order valence-corrected chi connectivity index (χ0v) is 20.8. The molecular weight excluding hydrogens is 456 g/mol. The van der Waals surface area contributed by atoms with E-state index in [0.717, 1.165) is 53.4 Å². The van der Waals surface area contributed by atoms with Crippen LogP contribution >= 0.6 is 0 Å². The fraction of sp³-hybridized carbons (Fsp3) is 0.346. The Labute approximate surface area is 209 Å². The first-order chi connectivity index (χ1) is 17.6. The third kappa shape index (κ3) is 4.72. The normalized spacial score (nSPS) is 13.6. The van der Waals surface area contributed by atoms with Crippen molar-refractivity contribution in [3.8, 4) is 22.5 Å². The molecule has 1 aliphatic rings. The molecule has 1 aliphatic heterocycles. The van der Waals surface area contributed by atoms with Crippen LogP contribution in [0.1, 0.15) is 30.4 Å². The molecule has 5 rings (SSSR count). The Morgan fingerprint density at radius 3 is 2.58 bits per heavy atom. The largest absolute Gasteiger partial charge is 0.468 e. The maximum atomic E-state index is 12.0. The maximum absolute atomic E-state index is 12.0. The van der Waals surface area contributed by atoms with E-state index in [1.54, 1.807) is 0 Å². The first-order valence-electron chi connectivity index (χ1n) is 12.1. The minimum Gasteiger partial charge on any atom is -0.468 e. The molecule has 0 bridgehead atoms. The highest BCUT2D eigenvalue weighted by Gasteiger charge is 2.29. The Hall–Kier alpha value is -4.05. The molecule has 36 heavy (non-hydrogen) atoms. The summed E-state index contributed by atoms with van der Waals surface area (Å²) in [6.45, 7) is 4.47. The van der Waals surface area contributed by atoms with E-state index >= 15 is 0 Å². The Morgan fingerprint density at radius 2 is 1.89 bits per heavy atom. The van der Waals surface area contributed by atoms with E-state index in [0.29, 0.717) is 19.0 Å². The number of nitrogens with zero attached hydrogens (tertiary/aromatic N) is 7. The van der Waals surface area contributed by atoms with Crippen molar-refractivity contribution in [3.63, 3.8) is 0 Å². The number of carbonyl (C=O) groups excluding carboxylic acids is 1. The minimum absolute atomic E-state index is 0.185. The number of carbonyl (C=O) groups is 1. The number of esters is 1. The molecule has 186 valence electrons. The Morgan fingerprint density at radius 1 is 1.11 bits per heavy atom. The van der Waals surface area contributed by atoms with Crippen LogP contribution in [-0.2, 0) is 29.0 Å². The summed E-state index contributed by atoms with van der Waals surface area (Å²) in [6, 6.07) is 16.6. The molecular formula is C26H30N8O2. The summed E-state index contributed by atoms with van der Waals surface area (Å²) in [6.07, 6.45) is 1.87. The first kappa shape index (κ1) is 23.7. The van der Waals surface area contributed by atoms with E-state index in [1.165, 1.54) is 12.7 Å². The van der Waals surface area contributed by atoms with Crippen LogP contribution in [0.2, 0.25) is 0 Å². The van der Waals surface area contributed by atoms with E-state index in [9.17, 15) is 4.79 Å². The summed E-state index contributed by atoms with van der Waals surface area (Å²) in [5, 5.41) is 14.5. The number of hydrogen-bond acceptors (Lipinski definition) is 8. The lowest BCUT2D eigenvalue weighted by Crippen LogP contribution is -2.43. The average molecular weight is 487 g/mol. The highest BCUT2D eigenvalue weighted by atomic mass is 16.5. The molecule has 0 amide bonds. The number of fused-ring (bicyclic) bond motifs is 1. The molecule has 3 heterocycles. The second-order valence-corrected chi connectivity index (χ2v) is 9.04.